The van der Waals surface area contributed by atoms with E-state index >= 15 is 0 Å². The lowest BCUT2D eigenvalue weighted by Crippen LogP contribution is -2.15. The lowest BCUT2D eigenvalue weighted by atomic mass is 10.2. The molecule has 1 heterocycles. The Morgan fingerprint density at radius 2 is 2.15 bits per heavy atom. The summed E-state index contributed by atoms with van der Waals surface area (Å²) in [4.78, 5) is 8.13. The molecular formula is C16H23N3S. The van der Waals surface area contributed by atoms with Crippen molar-refractivity contribution in [3.8, 4) is 0 Å². The Balaban J connectivity index is 2.12. The van der Waals surface area contributed by atoms with Crippen molar-refractivity contribution in [1.29, 1.82) is 0 Å². The lowest BCUT2D eigenvalue weighted by Gasteiger charge is -2.20. The largest absolute Gasteiger partial charge is 0.318 e. The number of thiazole rings is 1. The molecular weight excluding hydrogens is 266 g/mol. The van der Waals surface area contributed by atoms with Gasteiger partial charge < -0.3 is 10.2 Å². The Morgan fingerprint density at radius 1 is 1.30 bits per heavy atom. The molecule has 0 unspecified atom stereocenters. The van der Waals surface area contributed by atoms with Crippen LogP contribution >= 0.6 is 11.3 Å². The molecule has 20 heavy (non-hydrogen) atoms. The number of hydrogen-bond donors (Lipinski definition) is 1. The van der Waals surface area contributed by atoms with Crippen LogP contribution in [0.5, 0.6) is 0 Å². The van der Waals surface area contributed by atoms with Crippen LogP contribution in [0, 0.1) is 6.92 Å². The maximum absolute atomic E-state index is 4.58. The van der Waals surface area contributed by atoms with Gasteiger partial charge in [-0.3, -0.25) is 0 Å². The number of anilines is 2. The standard InChI is InChI=1S/C16H23N3S/c1-4-9-17-11-15-12-18-16(20-15)19(5-2)14-8-6-7-13(3)10-14/h6-8,10,12,17H,4-5,9,11H2,1-3H3. The molecule has 0 atom stereocenters. The number of benzene rings is 1. The first-order valence-corrected chi connectivity index (χ1v) is 8.05. The summed E-state index contributed by atoms with van der Waals surface area (Å²) in [5.41, 5.74) is 2.50. The van der Waals surface area contributed by atoms with Crippen LogP contribution in [0.2, 0.25) is 0 Å². The lowest BCUT2D eigenvalue weighted by molar-refractivity contribution is 0.681. The van der Waals surface area contributed by atoms with Crippen molar-refractivity contribution in [1.82, 2.24) is 10.3 Å². The maximum Gasteiger partial charge on any atom is 0.190 e. The summed E-state index contributed by atoms with van der Waals surface area (Å²) >= 11 is 1.77. The Kier molecular flexibility index (Phi) is 5.56. The van der Waals surface area contributed by atoms with Gasteiger partial charge in [-0.2, -0.15) is 0 Å². The van der Waals surface area contributed by atoms with E-state index < -0.39 is 0 Å². The average Bonchev–Trinajstić information content (AvgIpc) is 2.89. The normalized spacial score (nSPS) is 10.8. The van der Waals surface area contributed by atoms with Gasteiger partial charge in [-0.1, -0.05) is 19.1 Å². The van der Waals surface area contributed by atoms with Gasteiger partial charge in [-0.15, -0.1) is 11.3 Å². The monoisotopic (exact) mass is 289 g/mol. The van der Waals surface area contributed by atoms with Gasteiger partial charge in [0, 0.05) is 29.9 Å². The molecule has 0 spiro atoms. The predicted molar refractivity (Wildman–Crippen MR) is 88.0 cm³/mol. The maximum atomic E-state index is 4.58. The minimum atomic E-state index is 0.914. The van der Waals surface area contributed by atoms with Gasteiger partial charge in [0.05, 0.1) is 0 Å². The number of nitrogens with one attached hydrogen (secondary N) is 1. The summed E-state index contributed by atoms with van der Waals surface area (Å²) in [5.74, 6) is 0. The molecule has 2 aromatic rings. The van der Waals surface area contributed by atoms with E-state index in [0.717, 1.165) is 31.2 Å². The highest BCUT2D eigenvalue weighted by molar-refractivity contribution is 7.15. The second-order valence-electron chi connectivity index (χ2n) is 4.87. The van der Waals surface area contributed by atoms with Crippen LogP contribution in [0.4, 0.5) is 10.8 Å². The van der Waals surface area contributed by atoms with E-state index in [-0.39, 0.29) is 0 Å². The smallest absolute Gasteiger partial charge is 0.190 e. The molecule has 1 N–H and O–H groups in total. The van der Waals surface area contributed by atoms with Crippen molar-refractivity contribution < 1.29 is 0 Å². The van der Waals surface area contributed by atoms with Crippen molar-refractivity contribution >= 4 is 22.2 Å². The first-order valence-electron chi connectivity index (χ1n) is 7.24. The van der Waals surface area contributed by atoms with Crippen LogP contribution < -0.4 is 10.2 Å². The van der Waals surface area contributed by atoms with Crippen LogP contribution in [-0.2, 0) is 6.54 Å². The van der Waals surface area contributed by atoms with E-state index in [0.29, 0.717) is 0 Å². The van der Waals surface area contributed by atoms with Gasteiger partial charge in [0.2, 0.25) is 0 Å². The highest BCUT2D eigenvalue weighted by atomic mass is 32.1. The van der Waals surface area contributed by atoms with Gasteiger partial charge in [0.15, 0.2) is 5.13 Å². The highest BCUT2D eigenvalue weighted by Gasteiger charge is 2.11. The molecule has 0 aliphatic rings. The molecule has 1 aromatic heterocycles. The van der Waals surface area contributed by atoms with E-state index in [1.54, 1.807) is 11.3 Å². The van der Waals surface area contributed by atoms with Crippen molar-refractivity contribution in [3.05, 3.63) is 40.9 Å². The number of hydrogen-bond acceptors (Lipinski definition) is 4. The Labute approximate surface area is 125 Å². The van der Waals surface area contributed by atoms with Crippen LogP contribution in [0.25, 0.3) is 0 Å². The molecule has 0 fully saturated rings. The van der Waals surface area contributed by atoms with Gasteiger partial charge in [0.1, 0.15) is 0 Å². The Bertz CT molecular complexity index is 536. The number of aromatic nitrogens is 1. The SMILES string of the molecule is CCCNCc1cnc(N(CC)c2cccc(C)c2)s1. The predicted octanol–water partition coefficient (Wildman–Crippen LogP) is 4.11. The van der Waals surface area contributed by atoms with Crippen LogP contribution in [0.15, 0.2) is 30.5 Å². The molecule has 108 valence electrons. The molecule has 1 aromatic carbocycles. The zero-order valence-electron chi connectivity index (χ0n) is 12.5. The fraction of sp³-hybridized carbons (Fsp3) is 0.438. The minimum Gasteiger partial charge on any atom is -0.318 e. The van der Waals surface area contributed by atoms with Gasteiger partial charge in [-0.05, 0) is 44.5 Å². The van der Waals surface area contributed by atoms with E-state index in [1.165, 1.54) is 16.1 Å². The number of aryl methyl sites for hydroxylation is 1. The summed E-state index contributed by atoms with van der Waals surface area (Å²) in [6, 6.07) is 8.58. The molecule has 0 aliphatic carbocycles. The van der Waals surface area contributed by atoms with Gasteiger partial charge in [0.25, 0.3) is 0 Å². The number of rotatable bonds is 7. The van der Waals surface area contributed by atoms with E-state index in [2.05, 4.69) is 60.2 Å². The Morgan fingerprint density at radius 3 is 2.85 bits per heavy atom. The first-order chi connectivity index (χ1) is 9.74. The van der Waals surface area contributed by atoms with Crippen LogP contribution in [0.3, 0.4) is 0 Å². The molecule has 3 nitrogen and oxygen atoms in total. The van der Waals surface area contributed by atoms with Crippen molar-refractivity contribution in [2.24, 2.45) is 0 Å². The molecule has 0 saturated heterocycles. The van der Waals surface area contributed by atoms with E-state index in [9.17, 15) is 0 Å². The zero-order valence-corrected chi connectivity index (χ0v) is 13.3. The van der Waals surface area contributed by atoms with Gasteiger partial charge >= 0.3 is 0 Å². The van der Waals surface area contributed by atoms with Gasteiger partial charge in [-0.25, -0.2) is 4.98 Å². The Hall–Kier alpha value is -1.39. The molecule has 2 rings (SSSR count). The average molecular weight is 289 g/mol. The molecule has 0 aliphatic heterocycles. The summed E-state index contributed by atoms with van der Waals surface area (Å²) in [6.07, 6.45) is 3.15. The third-order valence-electron chi connectivity index (χ3n) is 3.13. The van der Waals surface area contributed by atoms with Crippen molar-refractivity contribution in [3.63, 3.8) is 0 Å². The minimum absolute atomic E-state index is 0.914. The van der Waals surface area contributed by atoms with Crippen LogP contribution in [-0.4, -0.2) is 18.1 Å². The fourth-order valence-electron chi connectivity index (χ4n) is 2.12. The zero-order chi connectivity index (χ0) is 14.4. The van der Waals surface area contributed by atoms with E-state index in [1.807, 2.05) is 6.20 Å². The van der Waals surface area contributed by atoms with Crippen LogP contribution in [0.1, 0.15) is 30.7 Å². The fourth-order valence-corrected chi connectivity index (χ4v) is 3.08. The molecule has 4 heteroatoms. The summed E-state index contributed by atoms with van der Waals surface area (Å²) in [6.45, 7) is 9.37. The highest BCUT2D eigenvalue weighted by Crippen LogP contribution is 2.29. The topological polar surface area (TPSA) is 28.2 Å². The number of nitrogens with zero attached hydrogens (tertiary/aromatic N) is 2. The van der Waals surface area contributed by atoms with E-state index in [4.69, 9.17) is 0 Å². The third kappa shape index (κ3) is 3.81. The second-order valence-corrected chi connectivity index (χ2v) is 5.96. The second kappa shape index (κ2) is 7.41. The van der Waals surface area contributed by atoms with Crippen molar-refractivity contribution in [2.75, 3.05) is 18.0 Å². The quantitative estimate of drug-likeness (QED) is 0.778. The first kappa shape index (κ1) is 15.0. The van der Waals surface area contributed by atoms with Crippen molar-refractivity contribution in [2.45, 2.75) is 33.7 Å². The summed E-state index contributed by atoms with van der Waals surface area (Å²) < 4.78 is 0. The molecule has 0 bridgehead atoms. The summed E-state index contributed by atoms with van der Waals surface area (Å²) in [7, 11) is 0. The molecule has 0 amide bonds. The summed E-state index contributed by atoms with van der Waals surface area (Å²) in [5, 5.41) is 4.50. The molecule has 0 radical (unpaired) electrons. The molecule has 0 saturated carbocycles. The third-order valence-corrected chi connectivity index (χ3v) is 4.15.